The molecule has 0 bridgehead atoms. The Morgan fingerprint density at radius 1 is 1.28 bits per heavy atom. The van der Waals surface area contributed by atoms with E-state index in [9.17, 15) is 4.79 Å². The van der Waals surface area contributed by atoms with E-state index < -0.39 is 0 Å². The van der Waals surface area contributed by atoms with E-state index in [4.69, 9.17) is 16.3 Å². The Hall–Kier alpha value is -1.03. The van der Waals surface area contributed by atoms with Crippen molar-refractivity contribution in [2.24, 2.45) is 4.99 Å². The number of carbonyl (C=O) groups excluding carboxylic acids is 1. The zero-order chi connectivity index (χ0) is 21.0. The number of likely N-dealkylation sites (N-methyl/N-ethyl adjacent to an activating group) is 1. The number of aliphatic imine (C=N–C) groups is 1. The molecule has 0 aliphatic carbocycles. The maximum absolute atomic E-state index is 12.6. The van der Waals surface area contributed by atoms with Crippen LogP contribution >= 0.6 is 61.9 Å². The first-order chi connectivity index (χ1) is 13.9. The summed E-state index contributed by atoms with van der Waals surface area (Å²) in [6.45, 7) is 5.56. The Morgan fingerprint density at radius 2 is 2.00 bits per heavy atom. The van der Waals surface area contributed by atoms with Crippen LogP contribution in [-0.4, -0.2) is 29.1 Å². The van der Waals surface area contributed by atoms with E-state index in [1.807, 2.05) is 56.3 Å². The van der Waals surface area contributed by atoms with E-state index in [1.54, 1.807) is 4.90 Å². The van der Waals surface area contributed by atoms with E-state index in [1.165, 1.54) is 15.3 Å². The molecule has 2 aromatic rings. The van der Waals surface area contributed by atoms with Gasteiger partial charge in [-0.15, -0.1) is 0 Å². The van der Waals surface area contributed by atoms with Crippen molar-refractivity contribution >= 4 is 79.0 Å². The van der Waals surface area contributed by atoms with Gasteiger partial charge in [0, 0.05) is 16.7 Å². The molecule has 1 heterocycles. The van der Waals surface area contributed by atoms with E-state index in [0.29, 0.717) is 35.4 Å². The van der Waals surface area contributed by atoms with E-state index in [2.05, 4.69) is 43.5 Å². The minimum Gasteiger partial charge on any atom is -0.486 e. The van der Waals surface area contributed by atoms with Crippen LogP contribution < -0.4 is 4.74 Å². The molecule has 1 fully saturated rings. The van der Waals surface area contributed by atoms with E-state index in [-0.39, 0.29) is 5.91 Å². The predicted octanol–water partition coefficient (Wildman–Crippen LogP) is 6.60. The maximum atomic E-state index is 12.6. The molecule has 0 atom stereocenters. The molecule has 4 nitrogen and oxygen atoms in total. The highest BCUT2D eigenvalue weighted by Crippen LogP contribution is 2.38. The third-order valence-electron chi connectivity index (χ3n) is 4.11. The molecule has 0 radical (unpaired) electrons. The highest BCUT2D eigenvalue weighted by atomic mass is 127. The monoisotopic (exact) mass is 604 g/mol. The third-order valence-corrected chi connectivity index (χ3v) is 6.75. The van der Waals surface area contributed by atoms with Gasteiger partial charge in [0.25, 0.3) is 5.91 Å². The lowest BCUT2D eigenvalue weighted by Gasteiger charge is -2.12. The molecule has 8 heteroatoms. The summed E-state index contributed by atoms with van der Waals surface area (Å²) in [5, 5.41) is 1.23. The lowest BCUT2D eigenvalue weighted by Crippen LogP contribution is -2.28. The van der Waals surface area contributed by atoms with Crippen LogP contribution in [0.4, 0.5) is 0 Å². The number of carbonyl (C=O) groups is 1. The highest BCUT2D eigenvalue weighted by Gasteiger charge is 2.31. The number of thioether (sulfide) groups is 1. The minimum absolute atomic E-state index is 0.0315. The molecule has 2 aromatic carbocycles. The van der Waals surface area contributed by atoms with Gasteiger partial charge < -0.3 is 4.74 Å². The zero-order valence-electron chi connectivity index (χ0n) is 15.9. The summed E-state index contributed by atoms with van der Waals surface area (Å²) in [6, 6.07) is 11.8. The van der Waals surface area contributed by atoms with Crippen molar-refractivity contribution < 1.29 is 9.53 Å². The number of amides is 1. The largest absolute Gasteiger partial charge is 0.486 e. The fraction of sp³-hybridized carbons (Fsp3) is 0.238. The summed E-state index contributed by atoms with van der Waals surface area (Å²) in [5.41, 5.74) is 1.89. The first-order valence-electron chi connectivity index (χ1n) is 9.05. The van der Waals surface area contributed by atoms with Gasteiger partial charge in [-0.2, -0.15) is 0 Å². The summed E-state index contributed by atoms with van der Waals surface area (Å²) >= 11 is 13.7. The van der Waals surface area contributed by atoms with Crippen LogP contribution in [0.25, 0.3) is 6.08 Å². The van der Waals surface area contributed by atoms with Gasteiger partial charge in [0.15, 0.2) is 10.9 Å². The standard InChI is InChI=1S/C21H19BrClIN2O2S/c1-3-25-21-26(4-2)20(27)18(29-21)11-14-9-16(22)19(17(23)10-14)28-12-13-5-7-15(24)8-6-13/h5-11H,3-4,12H2,1-2H3/b18-11+,25-21?. The van der Waals surface area contributed by atoms with Gasteiger partial charge in [0.2, 0.25) is 0 Å². The maximum Gasteiger partial charge on any atom is 0.266 e. The first kappa shape index (κ1) is 22.7. The van der Waals surface area contributed by atoms with Crippen LogP contribution in [0.15, 0.2) is 50.8 Å². The smallest absolute Gasteiger partial charge is 0.266 e. The van der Waals surface area contributed by atoms with Crippen molar-refractivity contribution in [3.8, 4) is 5.75 Å². The lowest BCUT2D eigenvalue weighted by molar-refractivity contribution is -0.122. The SMILES string of the molecule is CCN=C1S/C(=C/c2cc(Cl)c(OCc3ccc(I)cc3)c(Br)c2)C(=O)N1CC. The summed E-state index contributed by atoms with van der Waals surface area (Å²) in [4.78, 5) is 19.4. The van der Waals surface area contributed by atoms with Crippen molar-refractivity contribution in [3.63, 3.8) is 0 Å². The molecule has 1 aliphatic heterocycles. The Bertz CT molecular complexity index is 956. The lowest BCUT2D eigenvalue weighted by atomic mass is 10.2. The molecule has 1 amide bonds. The van der Waals surface area contributed by atoms with Crippen molar-refractivity contribution in [1.82, 2.24) is 4.90 Å². The van der Waals surface area contributed by atoms with Crippen molar-refractivity contribution in [1.29, 1.82) is 0 Å². The number of halogens is 3. The van der Waals surface area contributed by atoms with Crippen molar-refractivity contribution in [2.75, 3.05) is 13.1 Å². The summed E-state index contributed by atoms with van der Waals surface area (Å²) in [6.07, 6.45) is 1.84. The summed E-state index contributed by atoms with van der Waals surface area (Å²) in [5.74, 6) is 0.553. The summed E-state index contributed by atoms with van der Waals surface area (Å²) < 4.78 is 7.84. The quantitative estimate of drug-likeness (QED) is 0.275. The molecule has 0 unspecified atom stereocenters. The molecule has 29 heavy (non-hydrogen) atoms. The van der Waals surface area contributed by atoms with Gasteiger partial charge in [-0.25, -0.2) is 0 Å². The molecule has 0 saturated carbocycles. The predicted molar refractivity (Wildman–Crippen MR) is 134 cm³/mol. The molecule has 0 N–H and O–H groups in total. The van der Waals surface area contributed by atoms with Gasteiger partial charge >= 0.3 is 0 Å². The summed E-state index contributed by atoms with van der Waals surface area (Å²) in [7, 11) is 0. The number of hydrogen-bond acceptors (Lipinski definition) is 4. The Kier molecular flexibility index (Phi) is 8.07. The molecular weight excluding hydrogens is 587 g/mol. The molecule has 3 rings (SSSR count). The van der Waals surface area contributed by atoms with E-state index >= 15 is 0 Å². The Labute approximate surface area is 202 Å². The van der Waals surface area contributed by atoms with Crippen LogP contribution in [0.2, 0.25) is 5.02 Å². The van der Waals surface area contributed by atoms with Crippen molar-refractivity contribution in [2.45, 2.75) is 20.5 Å². The van der Waals surface area contributed by atoms with Crippen LogP contribution in [0.5, 0.6) is 5.75 Å². The second-order valence-corrected chi connectivity index (χ2v) is 9.66. The van der Waals surface area contributed by atoms with Crippen LogP contribution in [-0.2, 0) is 11.4 Å². The second-order valence-electron chi connectivity index (χ2n) is 6.15. The van der Waals surface area contributed by atoms with Crippen LogP contribution in [0.3, 0.4) is 0 Å². The Balaban J connectivity index is 1.80. The topological polar surface area (TPSA) is 41.9 Å². The molecule has 0 aromatic heterocycles. The number of amidine groups is 1. The number of benzene rings is 2. The average Bonchev–Trinajstić information content (AvgIpc) is 2.97. The van der Waals surface area contributed by atoms with Gasteiger partial charge in [-0.3, -0.25) is 14.7 Å². The normalized spacial score (nSPS) is 16.9. The third kappa shape index (κ3) is 5.57. The average molecular weight is 606 g/mol. The molecule has 1 aliphatic rings. The fourth-order valence-corrected chi connectivity index (χ4v) is 5.18. The molecule has 0 spiro atoms. The minimum atomic E-state index is -0.0315. The van der Waals surface area contributed by atoms with Gasteiger partial charge in [0.1, 0.15) is 6.61 Å². The molecule has 1 saturated heterocycles. The number of rotatable bonds is 6. The van der Waals surface area contributed by atoms with Gasteiger partial charge in [-0.1, -0.05) is 23.7 Å². The van der Waals surface area contributed by atoms with Crippen LogP contribution in [0.1, 0.15) is 25.0 Å². The second kappa shape index (κ2) is 10.3. The highest BCUT2D eigenvalue weighted by molar-refractivity contribution is 14.1. The van der Waals surface area contributed by atoms with Gasteiger partial charge in [-0.05, 0) is 106 Å². The fourth-order valence-electron chi connectivity index (χ4n) is 2.73. The van der Waals surface area contributed by atoms with Crippen molar-refractivity contribution in [3.05, 3.63) is 65.5 Å². The van der Waals surface area contributed by atoms with E-state index in [0.717, 1.165) is 20.8 Å². The molecule has 152 valence electrons. The zero-order valence-corrected chi connectivity index (χ0v) is 21.2. The van der Waals surface area contributed by atoms with Crippen LogP contribution in [0, 0.1) is 3.57 Å². The van der Waals surface area contributed by atoms with Gasteiger partial charge in [0.05, 0.1) is 14.4 Å². The first-order valence-corrected chi connectivity index (χ1v) is 12.1. The Morgan fingerprint density at radius 3 is 2.62 bits per heavy atom. The molecular formula is C21H19BrClIN2O2S. The number of hydrogen-bond donors (Lipinski definition) is 0. The number of ether oxygens (including phenoxy) is 1. The number of nitrogens with zero attached hydrogens (tertiary/aromatic N) is 2.